The summed E-state index contributed by atoms with van der Waals surface area (Å²) in [5, 5.41) is 18.8. The van der Waals surface area contributed by atoms with Crippen molar-refractivity contribution in [2.24, 2.45) is 10.8 Å². The number of hydrogen-bond acceptors (Lipinski definition) is 8. The molecule has 0 aliphatic carbocycles. The Morgan fingerprint density at radius 1 is 1.38 bits per heavy atom. The molecule has 0 aliphatic rings. The van der Waals surface area contributed by atoms with Gasteiger partial charge in [-0.1, -0.05) is 0 Å². The lowest BCUT2D eigenvalue weighted by Crippen LogP contribution is -2.24. The molecule has 2 amide bonds. The number of nitrogens with two attached hydrogens (primary N) is 1. The van der Waals surface area contributed by atoms with E-state index in [2.05, 4.69) is 15.6 Å². The average molecular weight is 404 g/mol. The number of amides is 2. The van der Waals surface area contributed by atoms with Crippen molar-refractivity contribution in [1.29, 1.82) is 0 Å². The summed E-state index contributed by atoms with van der Waals surface area (Å²) in [6.45, 7) is 2.51. The summed E-state index contributed by atoms with van der Waals surface area (Å²) in [5.41, 5.74) is 8.35. The number of carbonyl (C=O) groups excluding carboxylic acids is 2. The molecular formula is C17H20N6O6. The Kier molecular flexibility index (Phi) is 6.85. The monoisotopic (exact) mass is 404 g/mol. The van der Waals surface area contributed by atoms with Gasteiger partial charge in [0.15, 0.2) is 18.1 Å². The molecule has 154 valence electrons. The smallest absolute Gasteiger partial charge is 0.312 e. The lowest BCUT2D eigenvalue weighted by atomic mass is 10.2. The van der Waals surface area contributed by atoms with E-state index in [1.54, 1.807) is 18.2 Å². The number of aromatic nitrogens is 2. The third-order valence-corrected chi connectivity index (χ3v) is 3.78. The van der Waals surface area contributed by atoms with Gasteiger partial charge in [-0.2, -0.15) is 10.2 Å². The van der Waals surface area contributed by atoms with Crippen molar-refractivity contribution < 1.29 is 24.0 Å². The standard InChI is InChI=1S/C17H20N6O6/c1-10-17(23(26)27)11(2)22(21-10)8-16(25)20-19-7-12-4-5-13(14(6-12)28-3)29-9-15(18)24/h4-7H,8-9H2,1-3H3,(H2,18,24)(H,20,25)/b19-7+. The molecule has 1 aromatic heterocycles. The third-order valence-electron chi connectivity index (χ3n) is 3.78. The van der Waals surface area contributed by atoms with Gasteiger partial charge in [0.2, 0.25) is 0 Å². The molecular weight excluding hydrogens is 384 g/mol. The van der Waals surface area contributed by atoms with Gasteiger partial charge >= 0.3 is 5.69 Å². The second-order valence-corrected chi connectivity index (χ2v) is 5.89. The number of nitrogens with zero attached hydrogens (tertiary/aromatic N) is 4. The average Bonchev–Trinajstić information content (AvgIpc) is 2.93. The van der Waals surface area contributed by atoms with E-state index >= 15 is 0 Å². The maximum Gasteiger partial charge on any atom is 0.312 e. The molecule has 2 rings (SSSR count). The first-order valence-corrected chi connectivity index (χ1v) is 8.32. The van der Waals surface area contributed by atoms with Crippen LogP contribution in [0.1, 0.15) is 17.0 Å². The van der Waals surface area contributed by atoms with Gasteiger partial charge in [0.05, 0.1) is 18.2 Å². The lowest BCUT2D eigenvalue weighted by molar-refractivity contribution is -0.386. The number of primary amides is 1. The van der Waals surface area contributed by atoms with Crippen molar-refractivity contribution in [3.63, 3.8) is 0 Å². The number of ether oxygens (including phenoxy) is 2. The van der Waals surface area contributed by atoms with Crippen LogP contribution >= 0.6 is 0 Å². The minimum absolute atomic E-state index is 0.118. The highest BCUT2D eigenvalue weighted by Gasteiger charge is 2.22. The Bertz CT molecular complexity index is 968. The first-order valence-electron chi connectivity index (χ1n) is 8.32. The first kappa shape index (κ1) is 21.3. The number of rotatable bonds is 9. The molecule has 12 heteroatoms. The molecule has 29 heavy (non-hydrogen) atoms. The molecule has 0 radical (unpaired) electrons. The number of nitro groups is 1. The van der Waals surface area contributed by atoms with E-state index in [0.29, 0.717) is 17.1 Å². The van der Waals surface area contributed by atoms with E-state index in [9.17, 15) is 19.7 Å². The molecule has 0 unspecified atom stereocenters. The highest BCUT2D eigenvalue weighted by Crippen LogP contribution is 2.27. The summed E-state index contributed by atoms with van der Waals surface area (Å²) >= 11 is 0. The van der Waals surface area contributed by atoms with Crippen LogP contribution in [0.15, 0.2) is 23.3 Å². The number of aryl methyl sites for hydroxylation is 1. The summed E-state index contributed by atoms with van der Waals surface area (Å²) in [4.78, 5) is 33.3. The van der Waals surface area contributed by atoms with Crippen LogP contribution in [0.3, 0.4) is 0 Å². The second-order valence-electron chi connectivity index (χ2n) is 5.89. The van der Waals surface area contributed by atoms with E-state index in [-0.39, 0.29) is 30.2 Å². The number of hydrogen-bond donors (Lipinski definition) is 2. The molecule has 0 spiro atoms. The zero-order valence-electron chi connectivity index (χ0n) is 16.0. The number of carbonyl (C=O) groups is 2. The fraction of sp³-hybridized carbons (Fsp3) is 0.294. The lowest BCUT2D eigenvalue weighted by Gasteiger charge is -2.09. The van der Waals surface area contributed by atoms with Crippen molar-refractivity contribution in [2.45, 2.75) is 20.4 Å². The third kappa shape index (κ3) is 5.51. The summed E-state index contributed by atoms with van der Waals surface area (Å²) in [7, 11) is 1.43. The van der Waals surface area contributed by atoms with Crippen LogP contribution in [0.4, 0.5) is 5.69 Å². The molecule has 0 saturated heterocycles. The SMILES string of the molecule is COc1cc(/C=N/NC(=O)Cn2nc(C)c([N+](=O)[O-])c2C)ccc1OCC(N)=O. The summed E-state index contributed by atoms with van der Waals surface area (Å²) in [5.74, 6) is -0.432. The van der Waals surface area contributed by atoms with Crippen molar-refractivity contribution in [3.05, 3.63) is 45.3 Å². The van der Waals surface area contributed by atoms with E-state index < -0.39 is 16.7 Å². The molecule has 0 fully saturated rings. The topological polar surface area (TPSA) is 164 Å². The molecule has 0 bridgehead atoms. The van der Waals surface area contributed by atoms with Crippen LogP contribution in [0.2, 0.25) is 0 Å². The van der Waals surface area contributed by atoms with Gasteiger partial charge in [-0.25, -0.2) is 5.43 Å². The minimum Gasteiger partial charge on any atom is -0.493 e. The summed E-state index contributed by atoms with van der Waals surface area (Å²) in [6.07, 6.45) is 1.38. The van der Waals surface area contributed by atoms with E-state index in [1.165, 1.54) is 31.9 Å². The Balaban J connectivity index is 2.00. The largest absolute Gasteiger partial charge is 0.493 e. The van der Waals surface area contributed by atoms with Crippen LogP contribution in [-0.4, -0.2) is 46.4 Å². The molecule has 0 aliphatic heterocycles. The number of benzene rings is 1. The maximum atomic E-state index is 12.0. The molecule has 2 aromatic rings. The number of nitrogens with one attached hydrogen (secondary N) is 1. The Morgan fingerprint density at radius 2 is 2.10 bits per heavy atom. The molecule has 0 saturated carbocycles. The summed E-state index contributed by atoms with van der Waals surface area (Å²) < 4.78 is 11.6. The molecule has 0 atom stereocenters. The van der Waals surface area contributed by atoms with Gasteiger partial charge in [-0.15, -0.1) is 0 Å². The number of hydrazone groups is 1. The van der Waals surface area contributed by atoms with Gasteiger partial charge in [-0.05, 0) is 37.6 Å². The normalized spacial score (nSPS) is 10.7. The quantitative estimate of drug-likeness (QED) is 0.347. The van der Waals surface area contributed by atoms with E-state index in [0.717, 1.165) is 0 Å². The van der Waals surface area contributed by atoms with Crippen LogP contribution in [0.5, 0.6) is 11.5 Å². The molecule has 1 heterocycles. The van der Waals surface area contributed by atoms with Crippen LogP contribution in [0.25, 0.3) is 0 Å². The Labute approximate surface area is 165 Å². The summed E-state index contributed by atoms with van der Waals surface area (Å²) in [6, 6.07) is 4.80. The van der Waals surface area contributed by atoms with E-state index in [4.69, 9.17) is 15.2 Å². The van der Waals surface area contributed by atoms with E-state index in [1.807, 2.05) is 0 Å². The van der Waals surface area contributed by atoms with Crippen molar-refractivity contribution in [1.82, 2.24) is 15.2 Å². The zero-order valence-corrected chi connectivity index (χ0v) is 16.0. The predicted octanol–water partition coefficient (Wildman–Crippen LogP) is 0.431. The van der Waals surface area contributed by atoms with Crippen LogP contribution in [-0.2, 0) is 16.1 Å². The highest BCUT2D eigenvalue weighted by atomic mass is 16.6. The van der Waals surface area contributed by atoms with Gasteiger partial charge < -0.3 is 15.2 Å². The van der Waals surface area contributed by atoms with Crippen molar-refractivity contribution in [2.75, 3.05) is 13.7 Å². The van der Waals surface area contributed by atoms with Gasteiger partial charge in [0.1, 0.15) is 17.9 Å². The Hall–Kier alpha value is -3.96. The molecule has 3 N–H and O–H groups in total. The van der Waals surface area contributed by atoms with Crippen LogP contribution in [0, 0.1) is 24.0 Å². The predicted molar refractivity (Wildman–Crippen MR) is 102 cm³/mol. The van der Waals surface area contributed by atoms with Gasteiger partial charge in [-0.3, -0.25) is 24.4 Å². The van der Waals surface area contributed by atoms with Gasteiger partial charge in [0, 0.05) is 0 Å². The van der Waals surface area contributed by atoms with Crippen molar-refractivity contribution >= 4 is 23.7 Å². The van der Waals surface area contributed by atoms with Crippen molar-refractivity contribution in [3.8, 4) is 11.5 Å². The first-order chi connectivity index (χ1) is 13.7. The fourth-order valence-corrected chi connectivity index (χ4v) is 2.49. The molecule has 12 nitrogen and oxygen atoms in total. The molecule has 1 aromatic carbocycles. The highest BCUT2D eigenvalue weighted by molar-refractivity contribution is 5.83. The maximum absolute atomic E-state index is 12.0. The number of methoxy groups -OCH3 is 1. The minimum atomic E-state index is -0.617. The van der Waals surface area contributed by atoms with Gasteiger partial charge in [0.25, 0.3) is 11.8 Å². The zero-order chi connectivity index (χ0) is 21.6. The second kappa shape index (κ2) is 9.30. The fourth-order valence-electron chi connectivity index (χ4n) is 2.49. The Morgan fingerprint density at radius 3 is 2.69 bits per heavy atom. The van der Waals surface area contributed by atoms with Crippen LogP contribution < -0.4 is 20.6 Å².